The van der Waals surface area contributed by atoms with E-state index in [1.54, 1.807) is 0 Å². The van der Waals surface area contributed by atoms with Crippen molar-refractivity contribution in [3.63, 3.8) is 0 Å². The lowest BCUT2D eigenvalue weighted by Crippen LogP contribution is -2.26. The van der Waals surface area contributed by atoms with Gasteiger partial charge < -0.3 is 0 Å². The predicted octanol–water partition coefficient (Wildman–Crippen LogP) is 3.33. The Morgan fingerprint density at radius 3 is 2.94 bits per heavy atom. The van der Waals surface area contributed by atoms with Crippen LogP contribution in [0.4, 0.5) is 0 Å². The number of rotatable bonds is 3. The van der Waals surface area contributed by atoms with E-state index in [0.717, 1.165) is 31.6 Å². The second-order valence-corrected chi connectivity index (χ2v) is 5.29. The highest BCUT2D eigenvalue weighted by molar-refractivity contribution is 5.82. The quantitative estimate of drug-likeness (QED) is 0.798. The van der Waals surface area contributed by atoms with Gasteiger partial charge in [0.25, 0.3) is 0 Å². The highest BCUT2D eigenvalue weighted by atomic mass is 16.1. The van der Waals surface area contributed by atoms with Crippen molar-refractivity contribution < 1.29 is 4.79 Å². The minimum atomic E-state index is 0.234. The van der Waals surface area contributed by atoms with Gasteiger partial charge >= 0.3 is 0 Å². The molecule has 1 aromatic rings. The molecule has 2 rings (SSSR count). The fraction of sp³-hybridized carbons (Fsp3) is 0.600. The minimum Gasteiger partial charge on any atom is -0.299 e. The van der Waals surface area contributed by atoms with E-state index in [1.165, 1.54) is 17.5 Å². The highest BCUT2D eigenvalue weighted by Gasteiger charge is 2.27. The zero-order valence-electron chi connectivity index (χ0n) is 10.8. The van der Waals surface area contributed by atoms with Gasteiger partial charge in [0.2, 0.25) is 0 Å². The van der Waals surface area contributed by atoms with Gasteiger partial charge in [0.15, 0.2) is 0 Å². The molecule has 0 bridgehead atoms. The summed E-state index contributed by atoms with van der Waals surface area (Å²) in [6.45, 7) is 4.28. The molecule has 0 N–H and O–H groups in total. The number of pyridine rings is 1. The summed E-state index contributed by atoms with van der Waals surface area (Å²) < 4.78 is 0. The molecule has 0 spiro atoms. The van der Waals surface area contributed by atoms with Crippen LogP contribution in [0, 0.1) is 18.8 Å². The molecule has 92 valence electrons. The number of hydrogen-bond acceptors (Lipinski definition) is 2. The number of nitrogens with zero attached hydrogens (tertiary/aromatic N) is 1. The molecule has 0 amide bonds. The summed E-state index contributed by atoms with van der Waals surface area (Å²) in [5.41, 5.74) is 2.39. The van der Waals surface area contributed by atoms with Crippen molar-refractivity contribution in [1.82, 2.24) is 4.98 Å². The average Bonchev–Trinajstić information content (AvgIpc) is 2.32. The zero-order chi connectivity index (χ0) is 12.3. The maximum atomic E-state index is 11.9. The Morgan fingerprint density at radius 2 is 2.24 bits per heavy atom. The standard InChI is InChI=1S/C15H21NO/c1-3-12-4-5-15(17)14(7-12)8-13-6-11(2)9-16-10-13/h6,9-10,12,14H,3-5,7-8H2,1-2H3. The van der Waals surface area contributed by atoms with Crippen LogP contribution in [0.15, 0.2) is 18.5 Å². The normalized spacial score (nSPS) is 24.9. The molecule has 2 atom stereocenters. The van der Waals surface area contributed by atoms with Crippen LogP contribution < -0.4 is 0 Å². The van der Waals surface area contributed by atoms with Crippen LogP contribution in [-0.4, -0.2) is 10.8 Å². The zero-order valence-corrected chi connectivity index (χ0v) is 10.8. The number of carbonyl (C=O) groups is 1. The summed E-state index contributed by atoms with van der Waals surface area (Å²) >= 11 is 0. The molecule has 1 fully saturated rings. The van der Waals surface area contributed by atoms with Crippen LogP contribution in [0.25, 0.3) is 0 Å². The first-order valence-electron chi connectivity index (χ1n) is 6.62. The summed E-state index contributed by atoms with van der Waals surface area (Å²) in [7, 11) is 0. The van der Waals surface area contributed by atoms with Crippen LogP contribution >= 0.6 is 0 Å². The van der Waals surface area contributed by atoms with Crippen molar-refractivity contribution in [2.75, 3.05) is 0 Å². The van der Waals surface area contributed by atoms with Gasteiger partial charge in [-0.05, 0) is 43.2 Å². The molecule has 1 aliphatic carbocycles. The third kappa shape index (κ3) is 3.15. The molecule has 1 aliphatic rings. The molecule has 1 heterocycles. The molecule has 0 aromatic carbocycles. The van der Waals surface area contributed by atoms with Crippen molar-refractivity contribution in [2.24, 2.45) is 11.8 Å². The lowest BCUT2D eigenvalue weighted by Gasteiger charge is -2.27. The topological polar surface area (TPSA) is 30.0 Å². The molecule has 2 unspecified atom stereocenters. The van der Waals surface area contributed by atoms with Crippen LogP contribution in [0.2, 0.25) is 0 Å². The molecule has 2 nitrogen and oxygen atoms in total. The number of Topliss-reactive ketones (excluding diaryl/α,β-unsaturated/α-hetero) is 1. The Balaban J connectivity index is 2.04. The Labute approximate surface area is 103 Å². The van der Waals surface area contributed by atoms with Gasteiger partial charge in [0, 0.05) is 24.7 Å². The molecule has 2 heteroatoms. The largest absolute Gasteiger partial charge is 0.299 e. The maximum absolute atomic E-state index is 11.9. The van der Waals surface area contributed by atoms with E-state index in [4.69, 9.17) is 0 Å². The van der Waals surface area contributed by atoms with E-state index in [1.807, 2.05) is 19.3 Å². The van der Waals surface area contributed by atoms with E-state index >= 15 is 0 Å². The van der Waals surface area contributed by atoms with Crippen molar-refractivity contribution in [2.45, 2.75) is 46.0 Å². The van der Waals surface area contributed by atoms with Crippen LogP contribution in [0.5, 0.6) is 0 Å². The van der Waals surface area contributed by atoms with Crippen molar-refractivity contribution in [3.05, 3.63) is 29.6 Å². The van der Waals surface area contributed by atoms with Crippen LogP contribution in [-0.2, 0) is 11.2 Å². The minimum absolute atomic E-state index is 0.234. The summed E-state index contributed by atoms with van der Waals surface area (Å²) in [6.07, 6.45) is 8.79. The number of carbonyl (C=O) groups excluding carboxylic acids is 1. The lowest BCUT2D eigenvalue weighted by molar-refractivity contribution is -0.125. The Hall–Kier alpha value is -1.18. The van der Waals surface area contributed by atoms with Crippen LogP contribution in [0.1, 0.15) is 43.7 Å². The Kier molecular flexibility index (Phi) is 3.93. The van der Waals surface area contributed by atoms with Crippen molar-refractivity contribution in [3.8, 4) is 0 Å². The maximum Gasteiger partial charge on any atom is 0.136 e. The first-order valence-corrected chi connectivity index (χ1v) is 6.62. The average molecular weight is 231 g/mol. The number of ketones is 1. The predicted molar refractivity (Wildman–Crippen MR) is 68.8 cm³/mol. The lowest BCUT2D eigenvalue weighted by atomic mass is 9.77. The van der Waals surface area contributed by atoms with Crippen molar-refractivity contribution >= 4 is 5.78 Å². The second-order valence-electron chi connectivity index (χ2n) is 5.29. The number of aryl methyl sites for hydroxylation is 1. The van der Waals surface area contributed by atoms with E-state index < -0.39 is 0 Å². The molecular weight excluding hydrogens is 210 g/mol. The van der Waals surface area contributed by atoms with E-state index in [0.29, 0.717) is 5.78 Å². The second kappa shape index (κ2) is 5.44. The molecule has 0 radical (unpaired) electrons. The van der Waals surface area contributed by atoms with E-state index in [2.05, 4.69) is 18.0 Å². The number of hydrogen-bond donors (Lipinski definition) is 0. The molecule has 0 saturated heterocycles. The molecule has 1 aromatic heterocycles. The van der Waals surface area contributed by atoms with Crippen molar-refractivity contribution in [1.29, 1.82) is 0 Å². The fourth-order valence-corrected chi connectivity index (χ4v) is 2.78. The fourth-order valence-electron chi connectivity index (χ4n) is 2.78. The molecule has 1 saturated carbocycles. The molecule has 17 heavy (non-hydrogen) atoms. The van der Waals surface area contributed by atoms with Gasteiger partial charge in [-0.3, -0.25) is 9.78 Å². The van der Waals surface area contributed by atoms with Crippen LogP contribution in [0.3, 0.4) is 0 Å². The van der Waals surface area contributed by atoms with E-state index in [-0.39, 0.29) is 5.92 Å². The first-order chi connectivity index (χ1) is 8.19. The van der Waals surface area contributed by atoms with Gasteiger partial charge in [-0.25, -0.2) is 0 Å². The Morgan fingerprint density at radius 1 is 1.41 bits per heavy atom. The summed E-state index contributed by atoms with van der Waals surface area (Å²) in [5.74, 6) is 1.43. The first kappa shape index (κ1) is 12.3. The molecular formula is C15H21NO. The third-order valence-corrected chi connectivity index (χ3v) is 3.86. The summed E-state index contributed by atoms with van der Waals surface area (Å²) in [5, 5.41) is 0. The number of aromatic nitrogens is 1. The highest BCUT2D eigenvalue weighted by Crippen LogP contribution is 2.30. The van der Waals surface area contributed by atoms with Gasteiger partial charge in [-0.2, -0.15) is 0 Å². The summed E-state index contributed by atoms with van der Waals surface area (Å²) in [4.78, 5) is 16.1. The Bertz CT molecular complexity index is 400. The SMILES string of the molecule is CCC1CCC(=O)C(Cc2cncc(C)c2)C1. The monoisotopic (exact) mass is 231 g/mol. The smallest absolute Gasteiger partial charge is 0.136 e. The third-order valence-electron chi connectivity index (χ3n) is 3.86. The van der Waals surface area contributed by atoms with Gasteiger partial charge in [-0.15, -0.1) is 0 Å². The summed E-state index contributed by atoms with van der Waals surface area (Å²) in [6, 6.07) is 2.15. The van der Waals surface area contributed by atoms with E-state index in [9.17, 15) is 4.79 Å². The van der Waals surface area contributed by atoms with Gasteiger partial charge in [0.05, 0.1) is 0 Å². The molecule has 0 aliphatic heterocycles. The van der Waals surface area contributed by atoms with Gasteiger partial charge in [0.1, 0.15) is 5.78 Å². The van der Waals surface area contributed by atoms with Gasteiger partial charge in [-0.1, -0.05) is 19.4 Å².